The number of hydrogen-bond acceptors (Lipinski definition) is 8. The highest BCUT2D eigenvalue weighted by molar-refractivity contribution is 6.16. The molecule has 2 heterocycles. The average Bonchev–Trinajstić information content (AvgIpc) is 2.81. The largest absolute Gasteiger partial charge is 0.493 e. The van der Waals surface area contributed by atoms with Crippen LogP contribution in [0.5, 0.6) is 23.3 Å². The van der Waals surface area contributed by atoms with Crippen LogP contribution < -0.4 is 18.9 Å². The molecule has 3 atom stereocenters. The molecule has 0 bridgehead atoms. The highest BCUT2D eigenvalue weighted by atomic mass is 16.5. The van der Waals surface area contributed by atoms with E-state index in [4.69, 9.17) is 28.7 Å². The maximum atomic E-state index is 11.5. The van der Waals surface area contributed by atoms with Crippen molar-refractivity contribution in [1.29, 1.82) is 0 Å². The molecule has 8 heteroatoms. The Hall–Kier alpha value is -3.29. The van der Waals surface area contributed by atoms with Crippen molar-refractivity contribution in [2.75, 3.05) is 28.4 Å². The molecular weight excluding hydrogens is 412 g/mol. The van der Waals surface area contributed by atoms with Gasteiger partial charge >= 0.3 is 5.97 Å². The van der Waals surface area contributed by atoms with Crippen LogP contribution in [0.3, 0.4) is 0 Å². The van der Waals surface area contributed by atoms with Crippen molar-refractivity contribution in [2.45, 2.75) is 44.2 Å². The van der Waals surface area contributed by atoms with E-state index in [9.17, 15) is 4.79 Å². The number of aromatic nitrogens is 1. The van der Waals surface area contributed by atoms with E-state index in [2.05, 4.69) is 4.98 Å². The van der Waals surface area contributed by atoms with Gasteiger partial charge in [-0.3, -0.25) is 9.79 Å². The van der Waals surface area contributed by atoms with Gasteiger partial charge in [-0.1, -0.05) is 0 Å². The number of benzene rings is 1. The second-order valence-electron chi connectivity index (χ2n) is 7.90. The molecule has 1 aliphatic heterocycles. The summed E-state index contributed by atoms with van der Waals surface area (Å²) in [5, 5.41) is 0. The van der Waals surface area contributed by atoms with E-state index in [1.165, 1.54) is 6.92 Å². The smallest absolute Gasteiger partial charge is 0.302 e. The number of carbonyl (C=O) groups excluding carboxylic acids is 1. The fraction of sp³-hybridized carbons (Fsp3) is 0.458. The number of pyridine rings is 1. The van der Waals surface area contributed by atoms with Crippen molar-refractivity contribution in [1.82, 2.24) is 4.98 Å². The lowest BCUT2D eigenvalue weighted by molar-refractivity contribution is -0.148. The van der Waals surface area contributed by atoms with E-state index in [0.717, 1.165) is 35.2 Å². The molecule has 1 fully saturated rings. The van der Waals surface area contributed by atoms with Crippen molar-refractivity contribution < 1.29 is 28.5 Å². The van der Waals surface area contributed by atoms with E-state index in [1.807, 2.05) is 18.2 Å². The number of aliphatic imine (C=N–C) groups is 1. The molecule has 3 unspecified atom stereocenters. The van der Waals surface area contributed by atoms with Crippen molar-refractivity contribution in [3.8, 4) is 23.3 Å². The normalized spacial score (nSPS) is 21.5. The third-order valence-corrected chi connectivity index (χ3v) is 6.10. The van der Waals surface area contributed by atoms with Crippen LogP contribution in [0.2, 0.25) is 0 Å². The van der Waals surface area contributed by atoms with Crippen LogP contribution in [0.1, 0.15) is 48.8 Å². The molecule has 1 aliphatic carbocycles. The van der Waals surface area contributed by atoms with Crippen LogP contribution in [0.25, 0.3) is 0 Å². The van der Waals surface area contributed by atoms with E-state index in [0.29, 0.717) is 29.7 Å². The highest BCUT2D eigenvalue weighted by Gasteiger charge is 2.39. The third kappa shape index (κ3) is 3.97. The summed E-state index contributed by atoms with van der Waals surface area (Å²) in [5.41, 5.74) is 3.59. The Bertz CT molecular complexity index is 1050. The third-order valence-electron chi connectivity index (χ3n) is 6.10. The highest BCUT2D eigenvalue weighted by Crippen LogP contribution is 2.46. The zero-order valence-electron chi connectivity index (χ0n) is 19.0. The summed E-state index contributed by atoms with van der Waals surface area (Å²) < 4.78 is 27.5. The molecule has 0 radical (unpaired) electrons. The average molecular weight is 440 g/mol. The second kappa shape index (κ2) is 9.06. The standard InChI is InChI=1S/C24H28N2O6/c1-13(27)32-14-6-8-19-17(10-14)16-11-20(28-2)21(29-3)12-18(16)23(25-19)15-7-9-22(30-4)26-24(15)31-5/h7,9,11-12,14,17,19H,6,8,10H2,1-5H3. The van der Waals surface area contributed by atoms with Gasteiger partial charge in [-0.05, 0) is 43.0 Å². The summed E-state index contributed by atoms with van der Waals surface area (Å²) in [6.45, 7) is 1.45. The molecule has 1 aromatic heterocycles. The molecule has 2 aromatic rings. The fourth-order valence-corrected chi connectivity index (χ4v) is 4.68. The summed E-state index contributed by atoms with van der Waals surface area (Å²) in [7, 11) is 6.38. The monoisotopic (exact) mass is 440 g/mol. The SMILES string of the molecule is COc1ccc(C2=NC3CCC(OC(C)=O)CC3c3cc(OC)c(OC)cc32)c(OC)n1. The molecular formula is C24H28N2O6. The number of nitrogens with zero attached hydrogens (tertiary/aromatic N) is 2. The van der Waals surface area contributed by atoms with E-state index >= 15 is 0 Å². The van der Waals surface area contributed by atoms with E-state index < -0.39 is 0 Å². The minimum absolute atomic E-state index is 0.0502. The van der Waals surface area contributed by atoms with Crippen LogP contribution in [-0.4, -0.2) is 57.2 Å². The van der Waals surface area contributed by atoms with Gasteiger partial charge in [-0.15, -0.1) is 0 Å². The maximum absolute atomic E-state index is 11.5. The summed E-state index contributed by atoms with van der Waals surface area (Å²) >= 11 is 0. The first-order valence-electron chi connectivity index (χ1n) is 10.6. The first-order valence-corrected chi connectivity index (χ1v) is 10.6. The fourth-order valence-electron chi connectivity index (χ4n) is 4.68. The first-order chi connectivity index (χ1) is 15.5. The molecule has 4 rings (SSSR count). The quantitative estimate of drug-likeness (QED) is 0.635. The predicted octanol–water partition coefficient (Wildman–Crippen LogP) is 3.53. The van der Waals surface area contributed by atoms with Crippen molar-refractivity contribution in [2.24, 2.45) is 4.99 Å². The number of rotatable bonds is 6. The van der Waals surface area contributed by atoms with Gasteiger partial charge in [0.15, 0.2) is 11.5 Å². The summed E-state index contributed by atoms with van der Waals surface area (Å²) in [6.07, 6.45) is 2.18. The summed E-state index contributed by atoms with van der Waals surface area (Å²) in [4.78, 5) is 21.1. The van der Waals surface area contributed by atoms with E-state index in [1.54, 1.807) is 34.5 Å². The topological polar surface area (TPSA) is 88.5 Å². The Morgan fingerprint density at radius 2 is 1.69 bits per heavy atom. The zero-order chi connectivity index (χ0) is 22.8. The van der Waals surface area contributed by atoms with Crippen molar-refractivity contribution in [3.05, 3.63) is 41.0 Å². The Morgan fingerprint density at radius 3 is 2.34 bits per heavy atom. The molecule has 8 nitrogen and oxygen atoms in total. The molecule has 0 amide bonds. The minimum atomic E-state index is -0.255. The van der Waals surface area contributed by atoms with Crippen molar-refractivity contribution in [3.63, 3.8) is 0 Å². The molecule has 0 saturated heterocycles. The number of esters is 1. The van der Waals surface area contributed by atoms with Crippen LogP contribution in [0.4, 0.5) is 0 Å². The minimum Gasteiger partial charge on any atom is -0.493 e. The van der Waals surface area contributed by atoms with Crippen LogP contribution >= 0.6 is 0 Å². The van der Waals surface area contributed by atoms with E-state index in [-0.39, 0.29) is 24.0 Å². The number of fused-ring (bicyclic) bond motifs is 3. The number of methoxy groups -OCH3 is 4. The molecule has 2 aliphatic rings. The van der Waals surface area contributed by atoms with Gasteiger partial charge in [0.2, 0.25) is 11.8 Å². The predicted molar refractivity (Wildman–Crippen MR) is 118 cm³/mol. The molecule has 0 N–H and O–H groups in total. The molecule has 1 aromatic carbocycles. The van der Waals surface area contributed by atoms with Crippen molar-refractivity contribution >= 4 is 11.7 Å². The Labute approximate surface area is 187 Å². The lowest BCUT2D eigenvalue weighted by Gasteiger charge is -2.38. The van der Waals surface area contributed by atoms with Crippen LogP contribution in [0.15, 0.2) is 29.3 Å². The molecule has 32 heavy (non-hydrogen) atoms. The number of carbonyl (C=O) groups is 1. The summed E-state index contributed by atoms with van der Waals surface area (Å²) in [5.74, 6) is 2.02. The zero-order valence-corrected chi connectivity index (χ0v) is 19.0. The van der Waals surface area contributed by atoms with Crippen LogP contribution in [0, 0.1) is 0 Å². The Morgan fingerprint density at radius 1 is 0.938 bits per heavy atom. The van der Waals surface area contributed by atoms with Gasteiger partial charge in [0.05, 0.1) is 45.8 Å². The van der Waals surface area contributed by atoms with Crippen LogP contribution in [-0.2, 0) is 9.53 Å². The lowest BCUT2D eigenvalue weighted by atomic mass is 9.74. The summed E-state index contributed by atoms with van der Waals surface area (Å²) in [6, 6.07) is 7.72. The first kappa shape index (κ1) is 21.9. The Balaban J connectivity index is 1.86. The number of ether oxygens (including phenoxy) is 5. The second-order valence-corrected chi connectivity index (χ2v) is 7.90. The van der Waals surface area contributed by atoms with Gasteiger partial charge in [0, 0.05) is 24.5 Å². The van der Waals surface area contributed by atoms with Gasteiger partial charge in [0.25, 0.3) is 0 Å². The van der Waals surface area contributed by atoms with Gasteiger partial charge in [0.1, 0.15) is 6.10 Å². The van der Waals surface area contributed by atoms with Gasteiger partial charge in [-0.25, -0.2) is 0 Å². The Kier molecular flexibility index (Phi) is 6.21. The maximum Gasteiger partial charge on any atom is 0.302 e. The van der Waals surface area contributed by atoms with Gasteiger partial charge in [-0.2, -0.15) is 4.98 Å². The number of hydrogen-bond donors (Lipinski definition) is 0. The molecule has 170 valence electrons. The molecule has 0 spiro atoms. The van der Waals surface area contributed by atoms with Gasteiger partial charge < -0.3 is 23.7 Å². The lowest BCUT2D eigenvalue weighted by Crippen LogP contribution is -2.36. The molecule has 1 saturated carbocycles.